The van der Waals surface area contributed by atoms with Crippen molar-refractivity contribution < 1.29 is 13.2 Å². The molecule has 1 aromatic carbocycles. The van der Waals surface area contributed by atoms with Gasteiger partial charge in [-0.1, -0.05) is 0 Å². The first kappa shape index (κ1) is 15.5. The van der Waals surface area contributed by atoms with E-state index in [1.54, 1.807) is 42.2 Å². The van der Waals surface area contributed by atoms with Gasteiger partial charge < -0.3 is 4.74 Å². The van der Waals surface area contributed by atoms with Crippen LogP contribution in [0.3, 0.4) is 0 Å². The minimum absolute atomic E-state index is 0.221. The van der Waals surface area contributed by atoms with Gasteiger partial charge in [-0.2, -0.15) is 5.10 Å². The van der Waals surface area contributed by atoms with Gasteiger partial charge in [0.25, 0.3) is 0 Å². The van der Waals surface area contributed by atoms with Crippen molar-refractivity contribution in [1.29, 1.82) is 0 Å². The number of benzene rings is 1. The second-order valence-electron chi connectivity index (χ2n) is 4.65. The van der Waals surface area contributed by atoms with E-state index in [1.165, 1.54) is 12.1 Å². The summed E-state index contributed by atoms with van der Waals surface area (Å²) in [4.78, 5) is 0.221. The molecule has 0 saturated heterocycles. The monoisotopic (exact) mass is 309 g/mol. The van der Waals surface area contributed by atoms with Crippen LogP contribution in [-0.4, -0.2) is 30.8 Å². The van der Waals surface area contributed by atoms with Gasteiger partial charge in [-0.3, -0.25) is 4.68 Å². The lowest BCUT2D eigenvalue weighted by atomic mass is 10.3. The van der Waals surface area contributed by atoms with Crippen molar-refractivity contribution in [3.05, 3.63) is 42.7 Å². The highest BCUT2D eigenvalue weighted by Crippen LogP contribution is 2.16. The molecule has 0 unspecified atom stereocenters. The van der Waals surface area contributed by atoms with Crippen LogP contribution in [0, 0.1) is 0 Å². The smallest absolute Gasteiger partial charge is 0.240 e. The van der Waals surface area contributed by atoms with Gasteiger partial charge in [0, 0.05) is 18.4 Å². The molecule has 0 amide bonds. The van der Waals surface area contributed by atoms with Crippen molar-refractivity contribution in [2.75, 3.05) is 6.61 Å². The zero-order chi connectivity index (χ0) is 15.3. The Morgan fingerprint density at radius 2 is 2.05 bits per heavy atom. The second-order valence-corrected chi connectivity index (χ2v) is 6.37. The number of nitrogens with zero attached hydrogens (tertiary/aromatic N) is 2. The average molecular weight is 309 g/mol. The van der Waals surface area contributed by atoms with E-state index in [0.717, 1.165) is 0 Å². The molecule has 1 N–H and O–H groups in total. The van der Waals surface area contributed by atoms with Crippen molar-refractivity contribution in [2.24, 2.45) is 0 Å². The molecule has 6 nitrogen and oxygen atoms in total. The summed E-state index contributed by atoms with van der Waals surface area (Å²) in [5.74, 6) is 0.654. The van der Waals surface area contributed by atoms with Crippen LogP contribution in [0.5, 0.6) is 5.75 Å². The van der Waals surface area contributed by atoms with Crippen LogP contribution < -0.4 is 9.46 Å². The maximum atomic E-state index is 12.3. The molecule has 21 heavy (non-hydrogen) atoms. The summed E-state index contributed by atoms with van der Waals surface area (Å²) in [6.45, 7) is 4.70. The fraction of sp³-hybridized carbons (Fsp3) is 0.357. The Labute approximate surface area is 124 Å². The number of hydrogen-bond acceptors (Lipinski definition) is 4. The fourth-order valence-electron chi connectivity index (χ4n) is 1.94. The minimum atomic E-state index is -3.54. The summed E-state index contributed by atoms with van der Waals surface area (Å²) in [7, 11) is -3.54. The highest BCUT2D eigenvalue weighted by Gasteiger charge is 2.17. The second kappa shape index (κ2) is 6.73. The SMILES string of the molecule is CCOc1ccc(S(=O)(=O)N[C@@H](C)Cn2cccn2)cc1. The maximum Gasteiger partial charge on any atom is 0.240 e. The quantitative estimate of drug-likeness (QED) is 0.844. The molecule has 1 atom stereocenters. The molecule has 0 spiro atoms. The van der Waals surface area contributed by atoms with Gasteiger partial charge in [-0.25, -0.2) is 13.1 Å². The predicted octanol–water partition coefficient (Wildman–Crippen LogP) is 1.65. The summed E-state index contributed by atoms with van der Waals surface area (Å²) in [6, 6.07) is 7.91. The van der Waals surface area contributed by atoms with Gasteiger partial charge in [0.2, 0.25) is 10.0 Å². The van der Waals surface area contributed by atoms with Gasteiger partial charge in [-0.05, 0) is 44.2 Å². The number of rotatable bonds is 7. The average Bonchev–Trinajstić information content (AvgIpc) is 2.92. The molecule has 2 aromatic rings. The third-order valence-electron chi connectivity index (χ3n) is 2.82. The molecule has 0 fully saturated rings. The molecule has 0 radical (unpaired) electrons. The molecule has 0 saturated carbocycles. The number of hydrogen-bond donors (Lipinski definition) is 1. The lowest BCUT2D eigenvalue weighted by Gasteiger charge is -2.14. The van der Waals surface area contributed by atoms with Crippen molar-refractivity contribution in [2.45, 2.75) is 31.3 Å². The Morgan fingerprint density at radius 1 is 1.33 bits per heavy atom. The lowest BCUT2D eigenvalue weighted by molar-refractivity contribution is 0.340. The van der Waals surface area contributed by atoms with E-state index in [-0.39, 0.29) is 10.9 Å². The molecule has 7 heteroatoms. The number of ether oxygens (including phenoxy) is 1. The van der Waals surface area contributed by atoms with Crippen molar-refractivity contribution in [1.82, 2.24) is 14.5 Å². The van der Waals surface area contributed by atoms with Crippen LogP contribution in [0.2, 0.25) is 0 Å². The summed E-state index contributed by atoms with van der Waals surface area (Å²) >= 11 is 0. The van der Waals surface area contributed by atoms with E-state index < -0.39 is 10.0 Å². The van der Waals surface area contributed by atoms with Gasteiger partial charge in [0.15, 0.2) is 0 Å². The highest BCUT2D eigenvalue weighted by atomic mass is 32.2. The predicted molar refractivity (Wildman–Crippen MR) is 79.6 cm³/mol. The van der Waals surface area contributed by atoms with E-state index in [0.29, 0.717) is 18.9 Å². The summed E-state index contributed by atoms with van der Waals surface area (Å²) in [6.07, 6.45) is 3.45. The number of sulfonamides is 1. The molecule has 1 heterocycles. The van der Waals surface area contributed by atoms with Gasteiger partial charge in [-0.15, -0.1) is 0 Å². The van der Waals surface area contributed by atoms with E-state index in [2.05, 4.69) is 9.82 Å². The summed E-state index contributed by atoms with van der Waals surface area (Å²) < 4.78 is 34.1. The molecule has 0 bridgehead atoms. The molecular formula is C14H19N3O3S. The molecule has 0 aliphatic heterocycles. The van der Waals surface area contributed by atoms with E-state index in [4.69, 9.17) is 4.74 Å². The Balaban J connectivity index is 2.03. The molecule has 2 rings (SSSR count). The van der Waals surface area contributed by atoms with Gasteiger partial charge in [0.05, 0.1) is 18.0 Å². The van der Waals surface area contributed by atoms with Crippen LogP contribution in [0.4, 0.5) is 0 Å². The van der Waals surface area contributed by atoms with Gasteiger partial charge in [0.1, 0.15) is 5.75 Å². The van der Waals surface area contributed by atoms with Crippen LogP contribution in [0.1, 0.15) is 13.8 Å². The Hall–Kier alpha value is -1.86. The van der Waals surface area contributed by atoms with Crippen LogP contribution in [0.25, 0.3) is 0 Å². The zero-order valence-electron chi connectivity index (χ0n) is 12.1. The number of aromatic nitrogens is 2. The Kier molecular flexibility index (Phi) is 4.98. The maximum absolute atomic E-state index is 12.3. The number of nitrogens with one attached hydrogen (secondary N) is 1. The summed E-state index contributed by atoms with van der Waals surface area (Å²) in [5, 5.41) is 4.06. The Morgan fingerprint density at radius 3 is 2.62 bits per heavy atom. The lowest BCUT2D eigenvalue weighted by Crippen LogP contribution is -2.35. The first-order chi connectivity index (χ1) is 10.0. The van der Waals surface area contributed by atoms with Gasteiger partial charge >= 0.3 is 0 Å². The van der Waals surface area contributed by atoms with E-state index in [9.17, 15) is 8.42 Å². The minimum Gasteiger partial charge on any atom is -0.494 e. The Bertz CT molecular complexity index is 651. The topological polar surface area (TPSA) is 73.2 Å². The van der Waals surface area contributed by atoms with E-state index in [1.807, 2.05) is 6.92 Å². The largest absolute Gasteiger partial charge is 0.494 e. The summed E-state index contributed by atoms with van der Waals surface area (Å²) in [5.41, 5.74) is 0. The normalized spacial score (nSPS) is 13.0. The third kappa shape index (κ3) is 4.30. The standard InChI is InChI=1S/C14H19N3O3S/c1-3-20-13-5-7-14(8-6-13)21(18,19)16-12(2)11-17-10-4-9-15-17/h4-10,12,16H,3,11H2,1-2H3/t12-/m0/s1. The van der Waals surface area contributed by atoms with Crippen LogP contribution in [0.15, 0.2) is 47.6 Å². The molecule has 114 valence electrons. The zero-order valence-corrected chi connectivity index (χ0v) is 12.9. The first-order valence-corrected chi connectivity index (χ1v) is 8.22. The third-order valence-corrected chi connectivity index (χ3v) is 4.43. The van der Waals surface area contributed by atoms with Crippen molar-refractivity contribution in [3.8, 4) is 5.75 Å². The first-order valence-electron chi connectivity index (χ1n) is 6.74. The van der Waals surface area contributed by atoms with Crippen LogP contribution in [-0.2, 0) is 16.6 Å². The molecule has 0 aliphatic rings. The fourth-order valence-corrected chi connectivity index (χ4v) is 3.18. The van der Waals surface area contributed by atoms with Crippen LogP contribution >= 0.6 is 0 Å². The molecule has 1 aromatic heterocycles. The van der Waals surface area contributed by atoms with E-state index >= 15 is 0 Å². The molecular weight excluding hydrogens is 290 g/mol. The van der Waals surface area contributed by atoms with Crippen molar-refractivity contribution in [3.63, 3.8) is 0 Å². The molecule has 0 aliphatic carbocycles. The highest BCUT2D eigenvalue weighted by molar-refractivity contribution is 7.89. The van der Waals surface area contributed by atoms with Crippen molar-refractivity contribution >= 4 is 10.0 Å².